The standard InChI is InChI=1S/C11H20O4/c1-8-3-5-12-10(14-8)7-11-13-6-4-9(2)15-11/h8-11H,3-7H2,1-2H3. The maximum absolute atomic E-state index is 5.64. The molecule has 0 amide bonds. The summed E-state index contributed by atoms with van der Waals surface area (Å²) in [4.78, 5) is 0. The lowest BCUT2D eigenvalue weighted by atomic mass is 10.2. The number of hydrogen-bond acceptors (Lipinski definition) is 4. The average Bonchev–Trinajstić information content (AvgIpc) is 2.17. The van der Waals surface area contributed by atoms with E-state index in [0.29, 0.717) is 6.42 Å². The van der Waals surface area contributed by atoms with Gasteiger partial charge < -0.3 is 18.9 Å². The average molecular weight is 216 g/mol. The molecule has 2 heterocycles. The van der Waals surface area contributed by atoms with Crippen molar-refractivity contribution in [3.8, 4) is 0 Å². The van der Waals surface area contributed by atoms with Gasteiger partial charge in [-0.2, -0.15) is 0 Å². The fourth-order valence-electron chi connectivity index (χ4n) is 1.87. The van der Waals surface area contributed by atoms with E-state index in [4.69, 9.17) is 18.9 Å². The van der Waals surface area contributed by atoms with Crippen LogP contribution in [0.4, 0.5) is 0 Å². The molecule has 4 unspecified atom stereocenters. The molecule has 4 heteroatoms. The van der Waals surface area contributed by atoms with Crippen LogP contribution in [0.2, 0.25) is 0 Å². The molecule has 15 heavy (non-hydrogen) atoms. The molecule has 0 N–H and O–H groups in total. The molecule has 4 atom stereocenters. The Morgan fingerprint density at radius 3 is 1.73 bits per heavy atom. The van der Waals surface area contributed by atoms with Gasteiger partial charge >= 0.3 is 0 Å². The van der Waals surface area contributed by atoms with Crippen LogP contribution in [0.25, 0.3) is 0 Å². The molecule has 0 saturated carbocycles. The van der Waals surface area contributed by atoms with E-state index in [2.05, 4.69) is 13.8 Å². The van der Waals surface area contributed by atoms with Gasteiger partial charge in [-0.05, 0) is 26.7 Å². The van der Waals surface area contributed by atoms with Gasteiger partial charge in [-0.15, -0.1) is 0 Å². The second kappa shape index (κ2) is 5.25. The van der Waals surface area contributed by atoms with Crippen molar-refractivity contribution in [2.45, 2.75) is 57.9 Å². The fourth-order valence-corrected chi connectivity index (χ4v) is 1.87. The van der Waals surface area contributed by atoms with Gasteiger partial charge in [0.1, 0.15) is 0 Å². The largest absolute Gasteiger partial charge is 0.352 e. The molecule has 0 bridgehead atoms. The van der Waals surface area contributed by atoms with E-state index < -0.39 is 0 Å². The SMILES string of the molecule is CC1CCOC(CC2OCCC(C)O2)O1. The summed E-state index contributed by atoms with van der Waals surface area (Å²) in [7, 11) is 0. The van der Waals surface area contributed by atoms with Crippen LogP contribution in [-0.2, 0) is 18.9 Å². The predicted molar refractivity (Wildman–Crippen MR) is 54.4 cm³/mol. The van der Waals surface area contributed by atoms with Gasteiger partial charge in [0.25, 0.3) is 0 Å². The predicted octanol–water partition coefficient (Wildman–Crippen LogP) is 1.68. The Bertz CT molecular complexity index is 177. The first-order valence-corrected chi connectivity index (χ1v) is 5.78. The number of hydrogen-bond donors (Lipinski definition) is 0. The minimum atomic E-state index is -0.163. The Kier molecular flexibility index (Phi) is 3.97. The van der Waals surface area contributed by atoms with Crippen molar-refractivity contribution in [3.63, 3.8) is 0 Å². The summed E-state index contributed by atoms with van der Waals surface area (Å²) < 4.78 is 22.3. The summed E-state index contributed by atoms with van der Waals surface area (Å²) in [5, 5.41) is 0. The minimum Gasteiger partial charge on any atom is -0.352 e. The smallest absolute Gasteiger partial charge is 0.162 e. The zero-order valence-corrected chi connectivity index (χ0v) is 9.48. The highest BCUT2D eigenvalue weighted by Gasteiger charge is 2.27. The molecule has 2 rings (SSSR count). The van der Waals surface area contributed by atoms with E-state index in [1.165, 1.54) is 0 Å². The lowest BCUT2D eigenvalue weighted by Crippen LogP contribution is -2.38. The molecule has 4 nitrogen and oxygen atoms in total. The van der Waals surface area contributed by atoms with Gasteiger partial charge in [0.05, 0.1) is 25.4 Å². The van der Waals surface area contributed by atoms with Crippen LogP contribution in [-0.4, -0.2) is 38.0 Å². The Balaban J connectivity index is 1.75. The number of ether oxygens (including phenoxy) is 4. The second-order valence-corrected chi connectivity index (χ2v) is 4.31. The highest BCUT2D eigenvalue weighted by atomic mass is 16.7. The zero-order chi connectivity index (χ0) is 10.7. The highest BCUT2D eigenvalue weighted by Crippen LogP contribution is 2.21. The maximum Gasteiger partial charge on any atom is 0.162 e. The second-order valence-electron chi connectivity index (χ2n) is 4.31. The Morgan fingerprint density at radius 2 is 1.33 bits per heavy atom. The topological polar surface area (TPSA) is 36.9 Å². The molecular weight excluding hydrogens is 196 g/mol. The van der Waals surface area contributed by atoms with Gasteiger partial charge in [-0.3, -0.25) is 0 Å². The van der Waals surface area contributed by atoms with Crippen LogP contribution < -0.4 is 0 Å². The number of rotatable bonds is 2. The Hall–Kier alpha value is -0.160. The fraction of sp³-hybridized carbons (Fsp3) is 1.00. The molecule has 88 valence electrons. The molecule has 2 aliphatic heterocycles. The van der Waals surface area contributed by atoms with E-state index in [1.807, 2.05) is 0 Å². The van der Waals surface area contributed by atoms with E-state index in [9.17, 15) is 0 Å². The monoisotopic (exact) mass is 216 g/mol. The van der Waals surface area contributed by atoms with Gasteiger partial charge in [0, 0.05) is 6.42 Å². The molecule has 0 aliphatic carbocycles. The summed E-state index contributed by atoms with van der Waals surface area (Å²) in [5.41, 5.74) is 0. The van der Waals surface area contributed by atoms with Crippen molar-refractivity contribution < 1.29 is 18.9 Å². The van der Waals surface area contributed by atoms with Gasteiger partial charge in [-0.25, -0.2) is 0 Å². The van der Waals surface area contributed by atoms with E-state index in [-0.39, 0.29) is 24.8 Å². The summed E-state index contributed by atoms with van der Waals surface area (Å²) in [6.07, 6.45) is 2.86. The van der Waals surface area contributed by atoms with Crippen LogP contribution in [0, 0.1) is 0 Å². The lowest BCUT2D eigenvalue weighted by molar-refractivity contribution is -0.268. The summed E-state index contributed by atoms with van der Waals surface area (Å²) in [5.74, 6) is 0. The van der Waals surface area contributed by atoms with E-state index in [1.54, 1.807) is 0 Å². The Morgan fingerprint density at radius 1 is 0.867 bits per heavy atom. The van der Waals surface area contributed by atoms with Crippen molar-refractivity contribution in [1.82, 2.24) is 0 Å². The first-order valence-electron chi connectivity index (χ1n) is 5.78. The van der Waals surface area contributed by atoms with Crippen LogP contribution in [0.15, 0.2) is 0 Å². The third-order valence-corrected chi connectivity index (χ3v) is 2.81. The lowest BCUT2D eigenvalue weighted by Gasteiger charge is -2.33. The molecule has 0 spiro atoms. The van der Waals surface area contributed by atoms with Gasteiger partial charge in [-0.1, -0.05) is 0 Å². The summed E-state index contributed by atoms with van der Waals surface area (Å²) >= 11 is 0. The summed E-state index contributed by atoms with van der Waals surface area (Å²) in [6, 6.07) is 0. The molecule has 0 aromatic rings. The van der Waals surface area contributed by atoms with Crippen molar-refractivity contribution in [2.24, 2.45) is 0 Å². The third kappa shape index (κ3) is 3.41. The first kappa shape index (κ1) is 11.3. The van der Waals surface area contributed by atoms with Crippen LogP contribution in [0.1, 0.15) is 33.1 Å². The van der Waals surface area contributed by atoms with Crippen molar-refractivity contribution in [1.29, 1.82) is 0 Å². The van der Waals surface area contributed by atoms with Gasteiger partial charge in [0.15, 0.2) is 12.6 Å². The molecule has 0 aromatic heterocycles. The van der Waals surface area contributed by atoms with Gasteiger partial charge in [0.2, 0.25) is 0 Å². The quantitative estimate of drug-likeness (QED) is 0.703. The minimum absolute atomic E-state index is 0.163. The molecule has 0 radical (unpaired) electrons. The maximum atomic E-state index is 5.64. The zero-order valence-electron chi connectivity index (χ0n) is 9.48. The van der Waals surface area contributed by atoms with Crippen molar-refractivity contribution in [2.75, 3.05) is 13.2 Å². The molecule has 2 saturated heterocycles. The van der Waals surface area contributed by atoms with Crippen LogP contribution in [0.3, 0.4) is 0 Å². The van der Waals surface area contributed by atoms with Crippen LogP contribution >= 0.6 is 0 Å². The first-order chi connectivity index (χ1) is 7.24. The van der Waals surface area contributed by atoms with Crippen molar-refractivity contribution >= 4 is 0 Å². The third-order valence-electron chi connectivity index (χ3n) is 2.81. The molecular formula is C11H20O4. The van der Waals surface area contributed by atoms with E-state index >= 15 is 0 Å². The molecule has 2 fully saturated rings. The molecule has 0 aromatic carbocycles. The molecule has 2 aliphatic rings. The summed E-state index contributed by atoms with van der Waals surface area (Å²) in [6.45, 7) is 5.68. The van der Waals surface area contributed by atoms with Crippen LogP contribution in [0.5, 0.6) is 0 Å². The van der Waals surface area contributed by atoms with Crippen molar-refractivity contribution in [3.05, 3.63) is 0 Å². The normalized spacial score (nSPS) is 42.8. The highest BCUT2D eigenvalue weighted by molar-refractivity contribution is 4.64. The Labute approximate surface area is 90.8 Å². The van der Waals surface area contributed by atoms with E-state index in [0.717, 1.165) is 26.1 Å².